The summed E-state index contributed by atoms with van der Waals surface area (Å²) in [6, 6.07) is -0.281. The summed E-state index contributed by atoms with van der Waals surface area (Å²) in [6.45, 7) is 8.31. The van der Waals surface area contributed by atoms with E-state index in [1.807, 2.05) is 20.8 Å². The van der Waals surface area contributed by atoms with E-state index in [4.69, 9.17) is 14.2 Å². The lowest BCUT2D eigenvalue weighted by molar-refractivity contribution is -0.143. The highest BCUT2D eigenvalue weighted by atomic mass is 16.5. The quantitative estimate of drug-likeness (QED) is 0.460. The molecule has 0 aliphatic carbocycles. The smallest absolute Gasteiger partial charge is 0.322 e. The number of nitrogens with one attached hydrogen (secondary N) is 1. The highest BCUT2D eigenvalue weighted by Crippen LogP contribution is 1.96. The molecule has 0 aliphatic rings. The maximum absolute atomic E-state index is 11.3. The van der Waals surface area contributed by atoms with Crippen LogP contribution in [0.5, 0.6) is 0 Å². The van der Waals surface area contributed by atoms with Gasteiger partial charge >= 0.3 is 5.97 Å². The molecule has 0 aromatic rings. The van der Waals surface area contributed by atoms with Crippen LogP contribution in [0.2, 0.25) is 0 Å². The summed E-state index contributed by atoms with van der Waals surface area (Å²) in [4.78, 5) is 11.3. The van der Waals surface area contributed by atoms with Gasteiger partial charge in [0.05, 0.1) is 26.4 Å². The molecule has 0 aliphatic heterocycles. The van der Waals surface area contributed by atoms with E-state index in [0.717, 1.165) is 6.54 Å². The topological polar surface area (TPSA) is 56.8 Å². The molecule has 0 aromatic carbocycles. The van der Waals surface area contributed by atoms with Gasteiger partial charge in [-0.15, -0.1) is 0 Å². The zero-order chi connectivity index (χ0) is 13.1. The van der Waals surface area contributed by atoms with Crippen molar-refractivity contribution in [2.45, 2.75) is 39.3 Å². The average molecular weight is 247 g/mol. The van der Waals surface area contributed by atoms with Crippen molar-refractivity contribution in [1.82, 2.24) is 5.32 Å². The van der Waals surface area contributed by atoms with Crippen LogP contribution in [0.4, 0.5) is 0 Å². The molecule has 0 radical (unpaired) electrons. The lowest BCUT2D eigenvalue weighted by atomic mass is 10.2. The van der Waals surface area contributed by atoms with Crippen molar-refractivity contribution < 1.29 is 19.0 Å². The van der Waals surface area contributed by atoms with Gasteiger partial charge in [-0.1, -0.05) is 6.92 Å². The Balaban J connectivity index is 3.57. The summed E-state index contributed by atoms with van der Waals surface area (Å²) in [5.74, 6) is -0.242. The third-order valence-electron chi connectivity index (χ3n) is 2.17. The van der Waals surface area contributed by atoms with Crippen LogP contribution in [0.3, 0.4) is 0 Å². The van der Waals surface area contributed by atoms with E-state index in [2.05, 4.69) is 5.32 Å². The minimum Gasteiger partial charge on any atom is -0.468 e. The molecule has 0 saturated carbocycles. The van der Waals surface area contributed by atoms with Gasteiger partial charge in [-0.3, -0.25) is 4.79 Å². The molecule has 0 amide bonds. The summed E-state index contributed by atoms with van der Waals surface area (Å²) < 4.78 is 15.4. The number of hydrogen-bond acceptors (Lipinski definition) is 5. The molecule has 0 bridgehead atoms. The predicted molar refractivity (Wildman–Crippen MR) is 66.0 cm³/mol. The van der Waals surface area contributed by atoms with Gasteiger partial charge in [-0.2, -0.15) is 0 Å². The average Bonchev–Trinajstić information content (AvgIpc) is 2.30. The fraction of sp³-hybridized carbons (Fsp3) is 0.917. The Morgan fingerprint density at radius 1 is 1.24 bits per heavy atom. The Morgan fingerprint density at radius 2 is 1.94 bits per heavy atom. The fourth-order valence-electron chi connectivity index (χ4n) is 1.34. The van der Waals surface area contributed by atoms with E-state index in [1.54, 1.807) is 0 Å². The standard InChI is InChI=1S/C12H25NO4/c1-5-13-11(12(14)15-4)6-7-16-8-9-17-10(2)3/h10-11,13H,5-9H2,1-4H3. The van der Waals surface area contributed by atoms with E-state index >= 15 is 0 Å². The summed E-state index contributed by atoms with van der Waals surface area (Å²) in [5.41, 5.74) is 0. The second kappa shape index (κ2) is 10.5. The highest BCUT2D eigenvalue weighted by molar-refractivity contribution is 5.75. The molecule has 1 atom stereocenters. The third-order valence-corrected chi connectivity index (χ3v) is 2.17. The molecule has 17 heavy (non-hydrogen) atoms. The monoisotopic (exact) mass is 247 g/mol. The molecule has 0 aromatic heterocycles. The van der Waals surface area contributed by atoms with E-state index < -0.39 is 0 Å². The van der Waals surface area contributed by atoms with Crippen LogP contribution in [0.1, 0.15) is 27.2 Å². The maximum Gasteiger partial charge on any atom is 0.322 e. The summed E-state index contributed by atoms with van der Waals surface area (Å²) in [5, 5.41) is 3.06. The number of carbonyl (C=O) groups is 1. The molecule has 1 unspecified atom stereocenters. The molecule has 0 heterocycles. The number of carbonyl (C=O) groups excluding carboxylic acids is 1. The number of esters is 1. The Kier molecular flexibility index (Phi) is 10.1. The van der Waals surface area contributed by atoms with Crippen LogP contribution < -0.4 is 5.32 Å². The van der Waals surface area contributed by atoms with Crippen LogP contribution in [0, 0.1) is 0 Å². The molecule has 5 nitrogen and oxygen atoms in total. The number of likely N-dealkylation sites (N-methyl/N-ethyl adjacent to an activating group) is 1. The minimum absolute atomic E-state index is 0.225. The van der Waals surface area contributed by atoms with Crippen molar-refractivity contribution in [1.29, 1.82) is 0 Å². The van der Waals surface area contributed by atoms with Crippen molar-refractivity contribution in [3.05, 3.63) is 0 Å². The molecule has 0 fully saturated rings. The first kappa shape index (κ1) is 16.4. The maximum atomic E-state index is 11.3. The molecule has 5 heteroatoms. The number of rotatable bonds is 10. The first-order chi connectivity index (χ1) is 8.11. The number of ether oxygens (including phenoxy) is 3. The van der Waals surface area contributed by atoms with Crippen molar-refractivity contribution in [2.75, 3.05) is 33.5 Å². The number of hydrogen-bond donors (Lipinski definition) is 1. The molecular formula is C12H25NO4. The van der Waals surface area contributed by atoms with Gasteiger partial charge in [0.15, 0.2) is 0 Å². The summed E-state index contributed by atoms with van der Waals surface area (Å²) in [7, 11) is 1.39. The van der Waals surface area contributed by atoms with Crippen LogP contribution in [-0.4, -0.2) is 51.6 Å². The largest absolute Gasteiger partial charge is 0.468 e. The summed E-state index contributed by atoms with van der Waals surface area (Å²) >= 11 is 0. The van der Waals surface area contributed by atoms with Crippen molar-refractivity contribution in [3.63, 3.8) is 0 Å². The van der Waals surface area contributed by atoms with Gasteiger partial charge in [0.2, 0.25) is 0 Å². The van der Waals surface area contributed by atoms with Crippen molar-refractivity contribution >= 4 is 5.97 Å². The second-order valence-corrected chi connectivity index (χ2v) is 3.95. The van der Waals surface area contributed by atoms with Crippen LogP contribution in [0.15, 0.2) is 0 Å². The molecule has 102 valence electrons. The van der Waals surface area contributed by atoms with Crippen LogP contribution in [-0.2, 0) is 19.0 Å². The molecule has 0 saturated heterocycles. The Morgan fingerprint density at radius 3 is 2.47 bits per heavy atom. The Labute approximate surface area is 104 Å². The number of methoxy groups -OCH3 is 1. The van der Waals surface area contributed by atoms with Crippen molar-refractivity contribution in [3.8, 4) is 0 Å². The lowest BCUT2D eigenvalue weighted by Crippen LogP contribution is -2.38. The zero-order valence-corrected chi connectivity index (χ0v) is 11.3. The van der Waals surface area contributed by atoms with Gasteiger partial charge in [-0.25, -0.2) is 0 Å². The lowest BCUT2D eigenvalue weighted by Gasteiger charge is -2.15. The van der Waals surface area contributed by atoms with Gasteiger partial charge in [0, 0.05) is 6.61 Å². The molecule has 0 rings (SSSR count). The van der Waals surface area contributed by atoms with E-state index in [9.17, 15) is 4.79 Å². The Bertz CT molecular complexity index is 197. The highest BCUT2D eigenvalue weighted by Gasteiger charge is 2.16. The van der Waals surface area contributed by atoms with E-state index in [0.29, 0.717) is 26.2 Å². The Hall–Kier alpha value is -0.650. The minimum atomic E-state index is -0.281. The fourth-order valence-corrected chi connectivity index (χ4v) is 1.34. The van der Waals surface area contributed by atoms with Crippen LogP contribution in [0.25, 0.3) is 0 Å². The summed E-state index contributed by atoms with van der Waals surface area (Å²) in [6.07, 6.45) is 0.838. The first-order valence-corrected chi connectivity index (χ1v) is 6.12. The second-order valence-electron chi connectivity index (χ2n) is 3.95. The predicted octanol–water partition coefficient (Wildman–Crippen LogP) is 0.969. The third kappa shape index (κ3) is 9.09. The van der Waals surface area contributed by atoms with Gasteiger partial charge in [-0.05, 0) is 26.8 Å². The van der Waals surface area contributed by atoms with Gasteiger partial charge in [0.25, 0.3) is 0 Å². The van der Waals surface area contributed by atoms with E-state index in [1.165, 1.54) is 7.11 Å². The first-order valence-electron chi connectivity index (χ1n) is 6.12. The van der Waals surface area contributed by atoms with Crippen LogP contribution >= 0.6 is 0 Å². The molecular weight excluding hydrogens is 222 g/mol. The normalized spacial score (nSPS) is 12.8. The molecule has 1 N–H and O–H groups in total. The zero-order valence-electron chi connectivity index (χ0n) is 11.3. The van der Waals surface area contributed by atoms with Gasteiger partial charge in [0.1, 0.15) is 6.04 Å². The van der Waals surface area contributed by atoms with Crippen molar-refractivity contribution in [2.24, 2.45) is 0 Å². The van der Waals surface area contributed by atoms with E-state index in [-0.39, 0.29) is 18.1 Å². The van der Waals surface area contributed by atoms with Gasteiger partial charge < -0.3 is 19.5 Å². The SMILES string of the molecule is CCNC(CCOCCOC(C)C)C(=O)OC. The molecule has 0 spiro atoms.